The van der Waals surface area contributed by atoms with E-state index in [1.807, 2.05) is 6.07 Å². The van der Waals surface area contributed by atoms with Gasteiger partial charge in [0.25, 0.3) is 5.91 Å². The molecule has 1 atom stereocenters. The monoisotopic (exact) mass is 340 g/mol. The molecule has 0 aliphatic heterocycles. The van der Waals surface area contributed by atoms with Crippen molar-refractivity contribution < 1.29 is 19.0 Å². The summed E-state index contributed by atoms with van der Waals surface area (Å²) in [5.74, 6) is -0.241. The third kappa shape index (κ3) is 3.75. The zero-order chi connectivity index (χ0) is 17.8. The molecule has 128 valence electrons. The van der Waals surface area contributed by atoms with Gasteiger partial charge in [-0.25, -0.2) is 9.37 Å². The maximum atomic E-state index is 13.6. The SMILES string of the molecule is COc1ccc2nc(C(=O)NCC(O)c3ccccc3F)ccc2c1. The Morgan fingerprint density at radius 3 is 2.80 bits per heavy atom. The lowest BCUT2D eigenvalue weighted by atomic mass is 10.1. The second kappa shape index (κ2) is 7.27. The second-order valence-corrected chi connectivity index (χ2v) is 5.50. The van der Waals surface area contributed by atoms with Crippen molar-refractivity contribution in [2.24, 2.45) is 0 Å². The smallest absolute Gasteiger partial charge is 0.270 e. The predicted octanol–water partition coefficient (Wildman–Crippen LogP) is 2.85. The molecule has 1 heterocycles. The molecule has 3 aromatic rings. The van der Waals surface area contributed by atoms with Crippen LogP contribution in [0.5, 0.6) is 5.75 Å². The first kappa shape index (κ1) is 16.9. The summed E-state index contributed by atoms with van der Waals surface area (Å²) in [6, 6.07) is 14.6. The Hall–Kier alpha value is -2.99. The van der Waals surface area contributed by atoms with Gasteiger partial charge < -0.3 is 15.2 Å². The van der Waals surface area contributed by atoms with Gasteiger partial charge in [-0.3, -0.25) is 4.79 Å². The average molecular weight is 340 g/mol. The zero-order valence-electron chi connectivity index (χ0n) is 13.6. The molecule has 0 bridgehead atoms. The Morgan fingerprint density at radius 1 is 1.24 bits per heavy atom. The van der Waals surface area contributed by atoms with E-state index >= 15 is 0 Å². The fraction of sp³-hybridized carbons (Fsp3) is 0.158. The number of pyridine rings is 1. The van der Waals surface area contributed by atoms with E-state index in [4.69, 9.17) is 4.74 Å². The molecule has 0 aliphatic rings. The molecule has 2 aromatic carbocycles. The third-order valence-corrected chi connectivity index (χ3v) is 3.85. The van der Waals surface area contributed by atoms with Gasteiger partial charge in [0.15, 0.2) is 0 Å². The van der Waals surface area contributed by atoms with Crippen molar-refractivity contribution in [3.8, 4) is 5.75 Å². The summed E-state index contributed by atoms with van der Waals surface area (Å²) in [7, 11) is 1.58. The van der Waals surface area contributed by atoms with E-state index in [1.165, 1.54) is 18.2 Å². The number of nitrogens with one attached hydrogen (secondary N) is 1. The van der Waals surface area contributed by atoms with Gasteiger partial charge in [0, 0.05) is 17.5 Å². The van der Waals surface area contributed by atoms with Crippen LogP contribution in [-0.2, 0) is 0 Å². The van der Waals surface area contributed by atoms with E-state index in [9.17, 15) is 14.3 Å². The number of aliphatic hydroxyl groups is 1. The van der Waals surface area contributed by atoms with Crippen LogP contribution in [0.25, 0.3) is 10.9 Å². The second-order valence-electron chi connectivity index (χ2n) is 5.50. The van der Waals surface area contributed by atoms with Crippen molar-refractivity contribution >= 4 is 16.8 Å². The Bertz CT molecular complexity index is 914. The molecule has 25 heavy (non-hydrogen) atoms. The number of fused-ring (bicyclic) bond motifs is 1. The Morgan fingerprint density at radius 2 is 2.04 bits per heavy atom. The maximum Gasteiger partial charge on any atom is 0.270 e. The lowest BCUT2D eigenvalue weighted by Crippen LogP contribution is -2.29. The molecular formula is C19H17FN2O3. The number of benzene rings is 2. The van der Waals surface area contributed by atoms with Crippen LogP contribution in [0.4, 0.5) is 4.39 Å². The van der Waals surface area contributed by atoms with Gasteiger partial charge in [-0.15, -0.1) is 0 Å². The zero-order valence-corrected chi connectivity index (χ0v) is 13.6. The van der Waals surface area contributed by atoms with E-state index in [0.717, 1.165) is 5.39 Å². The summed E-state index contributed by atoms with van der Waals surface area (Å²) in [5, 5.41) is 13.5. The number of nitrogens with zero attached hydrogens (tertiary/aromatic N) is 1. The number of hydrogen-bond acceptors (Lipinski definition) is 4. The first-order chi connectivity index (χ1) is 12.1. The van der Waals surface area contributed by atoms with Crippen LogP contribution in [0, 0.1) is 5.82 Å². The first-order valence-electron chi connectivity index (χ1n) is 7.74. The lowest BCUT2D eigenvalue weighted by molar-refractivity contribution is 0.0909. The van der Waals surface area contributed by atoms with E-state index < -0.39 is 17.8 Å². The minimum absolute atomic E-state index is 0.109. The molecule has 1 amide bonds. The lowest BCUT2D eigenvalue weighted by Gasteiger charge is -2.13. The molecule has 6 heteroatoms. The number of aliphatic hydroxyl groups excluding tert-OH is 1. The molecule has 1 unspecified atom stereocenters. The minimum Gasteiger partial charge on any atom is -0.497 e. The summed E-state index contributed by atoms with van der Waals surface area (Å²) < 4.78 is 18.8. The number of halogens is 1. The summed E-state index contributed by atoms with van der Waals surface area (Å²) >= 11 is 0. The molecule has 0 radical (unpaired) electrons. The van der Waals surface area contributed by atoms with Crippen molar-refractivity contribution in [3.63, 3.8) is 0 Å². The Labute approximate surface area is 144 Å². The minimum atomic E-state index is -1.13. The van der Waals surface area contributed by atoms with Gasteiger partial charge in [0.05, 0.1) is 18.7 Å². The topological polar surface area (TPSA) is 71.5 Å². The molecule has 1 aromatic heterocycles. The highest BCUT2D eigenvalue weighted by atomic mass is 19.1. The number of amides is 1. The molecule has 0 fully saturated rings. The maximum absolute atomic E-state index is 13.6. The number of carbonyl (C=O) groups excluding carboxylic acids is 1. The standard InChI is InChI=1S/C19H17FN2O3/c1-25-13-7-9-16-12(10-13)6-8-17(22-16)19(24)21-11-18(23)14-4-2-3-5-15(14)20/h2-10,18,23H,11H2,1H3,(H,21,24). The molecule has 0 spiro atoms. The molecule has 0 aliphatic carbocycles. The summed E-state index contributed by atoms with van der Waals surface area (Å²) in [5.41, 5.74) is 1.02. The summed E-state index contributed by atoms with van der Waals surface area (Å²) in [6.45, 7) is -0.109. The largest absolute Gasteiger partial charge is 0.497 e. The number of rotatable bonds is 5. The quantitative estimate of drug-likeness (QED) is 0.749. The van der Waals surface area contributed by atoms with Crippen LogP contribution < -0.4 is 10.1 Å². The van der Waals surface area contributed by atoms with Crippen molar-refractivity contribution in [2.75, 3.05) is 13.7 Å². The van der Waals surface area contributed by atoms with Crippen LogP contribution in [0.2, 0.25) is 0 Å². The number of carbonyl (C=O) groups is 1. The van der Waals surface area contributed by atoms with Crippen molar-refractivity contribution in [1.82, 2.24) is 10.3 Å². The fourth-order valence-corrected chi connectivity index (χ4v) is 2.49. The van der Waals surface area contributed by atoms with Gasteiger partial charge >= 0.3 is 0 Å². The first-order valence-corrected chi connectivity index (χ1v) is 7.74. The van der Waals surface area contributed by atoms with Crippen LogP contribution in [0.15, 0.2) is 54.6 Å². The third-order valence-electron chi connectivity index (χ3n) is 3.85. The Balaban J connectivity index is 1.71. The number of aromatic nitrogens is 1. The molecule has 0 saturated carbocycles. The van der Waals surface area contributed by atoms with Gasteiger partial charge in [0.1, 0.15) is 17.3 Å². The fourth-order valence-electron chi connectivity index (χ4n) is 2.49. The molecule has 2 N–H and O–H groups in total. The van der Waals surface area contributed by atoms with Crippen LogP contribution >= 0.6 is 0 Å². The van der Waals surface area contributed by atoms with Gasteiger partial charge in [-0.1, -0.05) is 24.3 Å². The van der Waals surface area contributed by atoms with E-state index in [0.29, 0.717) is 11.3 Å². The van der Waals surface area contributed by atoms with E-state index in [1.54, 1.807) is 37.4 Å². The van der Waals surface area contributed by atoms with Crippen molar-refractivity contribution in [2.45, 2.75) is 6.10 Å². The number of methoxy groups -OCH3 is 1. The molecule has 3 rings (SSSR count). The van der Waals surface area contributed by atoms with Crippen molar-refractivity contribution in [1.29, 1.82) is 0 Å². The molecule has 5 nitrogen and oxygen atoms in total. The van der Waals surface area contributed by atoms with Crippen LogP contribution in [0.1, 0.15) is 22.2 Å². The number of ether oxygens (including phenoxy) is 1. The van der Waals surface area contributed by atoms with Gasteiger partial charge in [-0.2, -0.15) is 0 Å². The highest BCUT2D eigenvalue weighted by Crippen LogP contribution is 2.20. The van der Waals surface area contributed by atoms with Crippen LogP contribution in [0.3, 0.4) is 0 Å². The number of hydrogen-bond donors (Lipinski definition) is 2. The van der Waals surface area contributed by atoms with Gasteiger partial charge in [0.2, 0.25) is 0 Å². The molecular weight excluding hydrogens is 323 g/mol. The van der Waals surface area contributed by atoms with Gasteiger partial charge in [-0.05, 0) is 30.3 Å². The highest BCUT2D eigenvalue weighted by Gasteiger charge is 2.15. The molecule has 0 saturated heterocycles. The summed E-state index contributed by atoms with van der Waals surface area (Å²) in [6.07, 6.45) is -1.13. The highest BCUT2D eigenvalue weighted by molar-refractivity contribution is 5.95. The average Bonchev–Trinajstić information content (AvgIpc) is 2.65. The van der Waals surface area contributed by atoms with Crippen LogP contribution in [-0.4, -0.2) is 29.7 Å². The predicted molar refractivity (Wildman–Crippen MR) is 92.0 cm³/mol. The normalized spacial score (nSPS) is 12.0. The van der Waals surface area contributed by atoms with E-state index in [-0.39, 0.29) is 17.8 Å². The van der Waals surface area contributed by atoms with Crippen molar-refractivity contribution in [3.05, 3.63) is 71.7 Å². The van der Waals surface area contributed by atoms with E-state index in [2.05, 4.69) is 10.3 Å². The Kier molecular flexibility index (Phi) is 4.90. The summed E-state index contributed by atoms with van der Waals surface area (Å²) in [4.78, 5) is 16.5.